The number of hydrogen-bond acceptors (Lipinski definition) is 5. The molecule has 0 saturated heterocycles. The van der Waals surface area contributed by atoms with E-state index < -0.39 is 11.7 Å². The summed E-state index contributed by atoms with van der Waals surface area (Å²) >= 11 is 0. The molecule has 0 saturated carbocycles. The van der Waals surface area contributed by atoms with Gasteiger partial charge in [0.2, 0.25) is 0 Å². The summed E-state index contributed by atoms with van der Waals surface area (Å²) in [6.07, 6.45) is 1.48. The highest BCUT2D eigenvalue weighted by Gasteiger charge is 2.18. The third-order valence-corrected chi connectivity index (χ3v) is 2.69. The van der Waals surface area contributed by atoms with Gasteiger partial charge in [-0.1, -0.05) is 6.07 Å². The van der Waals surface area contributed by atoms with E-state index in [0.29, 0.717) is 11.2 Å². The average molecular weight is 255 g/mol. The van der Waals surface area contributed by atoms with Gasteiger partial charge in [0.1, 0.15) is 5.69 Å². The van der Waals surface area contributed by atoms with Crippen molar-refractivity contribution in [3.63, 3.8) is 0 Å². The van der Waals surface area contributed by atoms with Crippen molar-refractivity contribution in [3.8, 4) is 0 Å². The Morgan fingerprint density at radius 2 is 2.11 bits per heavy atom. The second-order valence-electron chi connectivity index (χ2n) is 3.95. The van der Waals surface area contributed by atoms with Crippen molar-refractivity contribution < 1.29 is 9.21 Å². The normalized spacial score (nSPS) is 10.7. The van der Waals surface area contributed by atoms with Crippen molar-refractivity contribution in [2.24, 2.45) is 0 Å². The Morgan fingerprint density at radius 3 is 2.84 bits per heavy atom. The van der Waals surface area contributed by atoms with Gasteiger partial charge in [0.15, 0.2) is 5.58 Å². The van der Waals surface area contributed by atoms with Gasteiger partial charge < -0.3 is 10.2 Å². The lowest BCUT2D eigenvalue weighted by Crippen LogP contribution is -2.23. The van der Waals surface area contributed by atoms with Gasteiger partial charge in [0.05, 0.1) is 5.52 Å². The number of pyridine rings is 1. The van der Waals surface area contributed by atoms with E-state index in [4.69, 9.17) is 10.2 Å². The van der Waals surface area contributed by atoms with Crippen molar-refractivity contribution in [2.45, 2.75) is 0 Å². The summed E-state index contributed by atoms with van der Waals surface area (Å²) in [6, 6.07) is 9.55. The first-order valence-electron chi connectivity index (χ1n) is 5.53. The topological polar surface area (TPSA) is 91.1 Å². The van der Waals surface area contributed by atoms with Crippen LogP contribution in [-0.2, 0) is 0 Å². The Bertz CT molecular complexity index is 818. The number of fused-ring (bicyclic) bond motifs is 1. The molecule has 1 aromatic carbocycles. The van der Waals surface area contributed by atoms with E-state index in [2.05, 4.69) is 4.98 Å². The summed E-state index contributed by atoms with van der Waals surface area (Å²) in [7, 11) is 0. The Labute approximate surface area is 107 Å². The van der Waals surface area contributed by atoms with Crippen molar-refractivity contribution in [2.75, 3.05) is 5.73 Å². The number of rotatable bonds is 1. The highest BCUT2D eigenvalue weighted by atomic mass is 16.4. The van der Waals surface area contributed by atoms with Crippen molar-refractivity contribution in [1.82, 2.24) is 9.55 Å². The van der Waals surface area contributed by atoms with E-state index in [1.807, 2.05) is 0 Å². The molecule has 3 rings (SSSR count). The van der Waals surface area contributed by atoms with Crippen LogP contribution in [0.25, 0.3) is 11.1 Å². The smallest absolute Gasteiger partial charge is 0.407 e. The zero-order valence-corrected chi connectivity index (χ0v) is 9.74. The van der Waals surface area contributed by atoms with Gasteiger partial charge in [-0.3, -0.25) is 9.78 Å². The molecule has 0 spiro atoms. The predicted molar refractivity (Wildman–Crippen MR) is 68.9 cm³/mol. The van der Waals surface area contributed by atoms with Gasteiger partial charge >= 0.3 is 5.76 Å². The quantitative estimate of drug-likeness (QED) is 0.661. The summed E-state index contributed by atoms with van der Waals surface area (Å²) in [4.78, 5) is 27.9. The maximum Gasteiger partial charge on any atom is 0.427 e. The number of nitrogens with zero attached hydrogens (tertiary/aromatic N) is 2. The van der Waals surface area contributed by atoms with Crippen LogP contribution < -0.4 is 11.5 Å². The van der Waals surface area contributed by atoms with Crippen LogP contribution in [0.5, 0.6) is 0 Å². The fourth-order valence-electron chi connectivity index (χ4n) is 1.83. The lowest BCUT2D eigenvalue weighted by atomic mass is 10.3. The van der Waals surface area contributed by atoms with Crippen molar-refractivity contribution in [1.29, 1.82) is 0 Å². The van der Waals surface area contributed by atoms with E-state index >= 15 is 0 Å². The predicted octanol–water partition coefficient (Wildman–Crippen LogP) is 1.26. The molecular formula is C13H9N3O3. The number of carbonyl (C=O) groups is 1. The first kappa shape index (κ1) is 11.2. The minimum atomic E-state index is -0.753. The minimum Gasteiger partial charge on any atom is -0.407 e. The number of nitrogen functional groups attached to an aromatic ring is 1. The van der Waals surface area contributed by atoms with E-state index in [1.54, 1.807) is 24.3 Å². The molecule has 0 atom stereocenters. The Kier molecular flexibility index (Phi) is 2.42. The largest absolute Gasteiger partial charge is 0.427 e. The molecule has 6 nitrogen and oxygen atoms in total. The van der Waals surface area contributed by atoms with Crippen LogP contribution in [0.1, 0.15) is 10.5 Å². The van der Waals surface area contributed by atoms with E-state index in [9.17, 15) is 9.59 Å². The molecule has 0 bridgehead atoms. The number of anilines is 1. The number of oxazole rings is 1. The molecule has 2 N–H and O–H groups in total. The molecule has 0 aliphatic carbocycles. The van der Waals surface area contributed by atoms with Gasteiger partial charge in [-0.2, -0.15) is 0 Å². The zero-order chi connectivity index (χ0) is 13.4. The van der Waals surface area contributed by atoms with Crippen LogP contribution in [-0.4, -0.2) is 15.5 Å². The third kappa shape index (κ3) is 1.79. The second-order valence-corrected chi connectivity index (χ2v) is 3.95. The fourth-order valence-corrected chi connectivity index (χ4v) is 1.83. The molecule has 94 valence electrons. The Hall–Kier alpha value is -2.89. The van der Waals surface area contributed by atoms with Gasteiger partial charge in [-0.05, 0) is 24.3 Å². The van der Waals surface area contributed by atoms with Gasteiger partial charge in [0.25, 0.3) is 5.91 Å². The first-order valence-corrected chi connectivity index (χ1v) is 5.53. The van der Waals surface area contributed by atoms with E-state index in [0.717, 1.165) is 4.57 Å². The van der Waals surface area contributed by atoms with Gasteiger partial charge in [-0.15, -0.1) is 0 Å². The van der Waals surface area contributed by atoms with Gasteiger partial charge in [-0.25, -0.2) is 9.36 Å². The van der Waals surface area contributed by atoms with Crippen molar-refractivity contribution in [3.05, 3.63) is 58.8 Å². The molecule has 2 heterocycles. The molecule has 0 unspecified atom stereocenters. The molecule has 0 amide bonds. The summed E-state index contributed by atoms with van der Waals surface area (Å²) in [5.41, 5.74) is 6.87. The molecule has 0 aliphatic heterocycles. The molecule has 0 aliphatic rings. The van der Waals surface area contributed by atoms with Crippen molar-refractivity contribution >= 4 is 22.7 Å². The van der Waals surface area contributed by atoms with E-state index in [-0.39, 0.29) is 11.3 Å². The fraction of sp³-hybridized carbons (Fsp3) is 0. The summed E-state index contributed by atoms with van der Waals surface area (Å²) in [6.45, 7) is 0. The third-order valence-electron chi connectivity index (χ3n) is 2.69. The molecule has 0 fully saturated rings. The maximum atomic E-state index is 12.2. The van der Waals surface area contributed by atoms with Crippen LogP contribution in [0, 0.1) is 0 Å². The Balaban J connectivity index is 2.23. The second kappa shape index (κ2) is 4.09. The standard InChI is InChI=1S/C13H9N3O3/c14-8-4-5-10-11(7-8)19-13(18)16(10)12(17)9-3-1-2-6-15-9/h1-7H,14H2. The van der Waals surface area contributed by atoms with Crippen LogP contribution in [0.4, 0.5) is 5.69 Å². The highest BCUT2D eigenvalue weighted by Crippen LogP contribution is 2.16. The van der Waals surface area contributed by atoms with E-state index in [1.165, 1.54) is 18.3 Å². The molecule has 19 heavy (non-hydrogen) atoms. The van der Waals surface area contributed by atoms with Crippen LogP contribution in [0.3, 0.4) is 0 Å². The molecular weight excluding hydrogens is 246 g/mol. The number of benzene rings is 1. The molecule has 0 radical (unpaired) electrons. The molecule has 3 aromatic rings. The lowest BCUT2D eigenvalue weighted by Gasteiger charge is -2.00. The lowest BCUT2D eigenvalue weighted by molar-refractivity contribution is 0.0951. The summed E-state index contributed by atoms with van der Waals surface area (Å²) in [5.74, 6) is -1.29. The Morgan fingerprint density at radius 1 is 1.26 bits per heavy atom. The highest BCUT2D eigenvalue weighted by molar-refractivity contribution is 5.99. The number of carbonyl (C=O) groups excluding carboxylic acids is 1. The average Bonchev–Trinajstić information content (AvgIpc) is 2.74. The number of aromatic nitrogens is 2. The monoisotopic (exact) mass is 255 g/mol. The first-order chi connectivity index (χ1) is 9.16. The number of hydrogen-bond donors (Lipinski definition) is 1. The maximum absolute atomic E-state index is 12.2. The molecule has 2 aromatic heterocycles. The minimum absolute atomic E-state index is 0.170. The SMILES string of the molecule is Nc1ccc2c(c1)oc(=O)n2C(=O)c1ccccn1. The van der Waals surface area contributed by atoms with Gasteiger partial charge in [0, 0.05) is 18.0 Å². The van der Waals surface area contributed by atoms with Crippen LogP contribution in [0.2, 0.25) is 0 Å². The van der Waals surface area contributed by atoms with Crippen LogP contribution in [0.15, 0.2) is 51.8 Å². The zero-order valence-electron chi connectivity index (χ0n) is 9.74. The van der Waals surface area contributed by atoms with Crippen LogP contribution >= 0.6 is 0 Å². The summed E-state index contributed by atoms with van der Waals surface area (Å²) < 4.78 is 5.94. The number of nitrogens with two attached hydrogens (primary N) is 1. The summed E-state index contributed by atoms with van der Waals surface area (Å²) in [5, 5.41) is 0. The molecule has 6 heteroatoms.